The van der Waals surface area contributed by atoms with Crippen LogP contribution in [0.5, 0.6) is 0 Å². The molecule has 3 heterocycles. The van der Waals surface area contributed by atoms with Crippen LogP contribution in [0.25, 0.3) is 0 Å². The van der Waals surface area contributed by atoms with Gasteiger partial charge in [-0.1, -0.05) is 11.6 Å². The summed E-state index contributed by atoms with van der Waals surface area (Å²) >= 11 is 5.44. The highest BCUT2D eigenvalue weighted by atomic mass is 35.5. The summed E-state index contributed by atoms with van der Waals surface area (Å²) in [6.07, 6.45) is -0.872. The molecule has 0 N–H and O–H groups in total. The second-order valence-corrected chi connectivity index (χ2v) is 5.71. The number of hydrogen-bond acceptors (Lipinski definition) is 5. The van der Waals surface area contributed by atoms with Gasteiger partial charge >= 0.3 is 0 Å². The molecule has 0 aromatic heterocycles. The minimum atomic E-state index is -3.43. The molecule has 3 saturated heterocycles. The molecule has 5 nitrogen and oxygen atoms in total. The van der Waals surface area contributed by atoms with E-state index in [2.05, 4.69) is 0 Å². The first-order valence-corrected chi connectivity index (χ1v) is 6.39. The molecule has 2 bridgehead atoms. The predicted molar refractivity (Wildman–Crippen MR) is 46.5 cm³/mol. The first-order valence-electron chi connectivity index (χ1n) is 4.38. The van der Waals surface area contributed by atoms with E-state index in [1.54, 1.807) is 0 Å². The average Bonchev–Trinajstić information content (AvgIpc) is 2.68. The van der Waals surface area contributed by atoms with Gasteiger partial charge in [-0.2, -0.15) is 8.42 Å². The zero-order chi connectivity index (χ0) is 9.92. The Hall–Kier alpha value is 0.120. The summed E-state index contributed by atoms with van der Waals surface area (Å²) in [7, 11) is -3.43. The van der Waals surface area contributed by atoms with Crippen LogP contribution in [0.2, 0.25) is 0 Å². The van der Waals surface area contributed by atoms with E-state index in [0.29, 0.717) is 6.42 Å². The molecule has 14 heavy (non-hydrogen) atoms. The fourth-order valence-corrected chi connectivity index (χ4v) is 4.29. The van der Waals surface area contributed by atoms with E-state index in [9.17, 15) is 8.42 Å². The number of rotatable bonds is 2. The van der Waals surface area contributed by atoms with Crippen LogP contribution in [0.4, 0.5) is 0 Å². The third kappa shape index (κ3) is 1.03. The molecule has 0 radical (unpaired) electrons. The van der Waals surface area contributed by atoms with Crippen molar-refractivity contribution in [2.45, 2.75) is 36.1 Å². The highest BCUT2D eigenvalue weighted by Crippen LogP contribution is 2.47. The van der Waals surface area contributed by atoms with Gasteiger partial charge in [-0.05, 0) is 6.42 Å². The lowest BCUT2D eigenvalue weighted by Gasteiger charge is -2.20. The molecule has 0 spiro atoms. The highest BCUT2D eigenvalue weighted by Gasteiger charge is 2.66. The fourth-order valence-electron chi connectivity index (χ4n) is 2.50. The normalized spacial score (nSPS) is 52.8. The van der Waals surface area contributed by atoms with Crippen molar-refractivity contribution in [3.8, 4) is 0 Å². The Balaban J connectivity index is 1.93. The van der Waals surface area contributed by atoms with Gasteiger partial charge in [0.25, 0.3) is 10.1 Å². The zero-order valence-corrected chi connectivity index (χ0v) is 8.70. The summed E-state index contributed by atoms with van der Waals surface area (Å²) in [4.78, 5) is 0. The van der Waals surface area contributed by atoms with Crippen molar-refractivity contribution in [2.75, 3.05) is 6.07 Å². The molecule has 0 aromatic carbocycles. The van der Waals surface area contributed by atoms with Gasteiger partial charge < -0.3 is 9.47 Å². The van der Waals surface area contributed by atoms with Gasteiger partial charge in [0.05, 0.1) is 6.10 Å². The number of alkyl halides is 1. The van der Waals surface area contributed by atoms with Crippen LogP contribution in [0.3, 0.4) is 0 Å². The maximum atomic E-state index is 11.4. The molecule has 0 aliphatic carbocycles. The number of fused-ring (bicyclic) bond motifs is 1. The molecule has 5 unspecified atom stereocenters. The summed E-state index contributed by atoms with van der Waals surface area (Å²) in [5, 5.41) is -0.493. The summed E-state index contributed by atoms with van der Waals surface area (Å²) < 4.78 is 38.5. The summed E-state index contributed by atoms with van der Waals surface area (Å²) in [6, 6.07) is 0.0296. The molecule has 80 valence electrons. The van der Waals surface area contributed by atoms with E-state index < -0.39 is 21.5 Å². The Kier molecular flexibility index (Phi) is 1.89. The van der Waals surface area contributed by atoms with Crippen molar-refractivity contribution in [3.05, 3.63) is 0 Å². The number of hydrogen-bond donors (Lipinski definition) is 0. The topological polar surface area (TPSA) is 61.8 Å². The summed E-state index contributed by atoms with van der Waals surface area (Å²) in [6.45, 7) is 0. The minimum absolute atomic E-state index is 0.0296. The smallest absolute Gasteiger partial charge is 0.273 e. The summed E-state index contributed by atoms with van der Waals surface area (Å²) in [5.74, 6) is 0. The van der Waals surface area contributed by atoms with Crippen LogP contribution in [0, 0.1) is 0 Å². The maximum Gasteiger partial charge on any atom is 0.273 e. The maximum absolute atomic E-state index is 11.4. The first-order chi connectivity index (χ1) is 6.63. The number of halogens is 1. The molecule has 3 aliphatic heterocycles. The van der Waals surface area contributed by atoms with Crippen LogP contribution in [-0.2, 0) is 23.8 Å². The molecule has 3 fully saturated rings. The standard InChI is InChI=1S/C7H9ClO5S/c8-2-11-5-3-1-4-6(12-3)7(5)13-14(4,9)10/h3-7H,1-2H2. The molecule has 0 amide bonds. The number of ether oxygens (including phenoxy) is 2. The van der Waals surface area contributed by atoms with Crippen LogP contribution in [-0.4, -0.2) is 44.1 Å². The van der Waals surface area contributed by atoms with Gasteiger partial charge in [-0.3, -0.25) is 4.18 Å². The minimum Gasteiger partial charge on any atom is -0.368 e. The molecule has 3 aliphatic rings. The molecule has 7 heteroatoms. The van der Waals surface area contributed by atoms with E-state index in [4.69, 9.17) is 25.3 Å². The second-order valence-electron chi connectivity index (χ2n) is 3.71. The van der Waals surface area contributed by atoms with E-state index in [1.165, 1.54) is 0 Å². The van der Waals surface area contributed by atoms with Crippen LogP contribution >= 0.6 is 11.6 Å². The second kappa shape index (κ2) is 2.82. The molecule has 5 atom stereocenters. The van der Waals surface area contributed by atoms with Crippen molar-refractivity contribution >= 4 is 21.7 Å². The van der Waals surface area contributed by atoms with E-state index in [0.717, 1.165) is 0 Å². The SMILES string of the molecule is O=S1(=O)OC2C(OCCl)C3CC1C2O3. The molecular formula is C7H9ClO5S. The quantitative estimate of drug-likeness (QED) is 0.496. The lowest BCUT2D eigenvalue weighted by atomic mass is 9.94. The van der Waals surface area contributed by atoms with Gasteiger partial charge in [0.2, 0.25) is 0 Å². The van der Waals surface area contributed by atoms with Gasteiger partial charge in [0.1, 0.15) is 29.6 Å². The monoisotopic (exact) mass is 240 g/mol. The average molecular weight is 241 g/mol. The largest absolute Gasteiger partial charge is 0.368 e. The van der Waals surface area contributed by atoms with Crippen molar-refractivity contribution in [3.63, 3.8) is 0 Å². The fraction of sp³-hybridized carbons (Fsp3) is 1.00. The Morgan fingerprint density at radius 3 is 2.93 bits per heavy atom. The van der Waals surface area contributed by atoms with Crippen molar-refractivity contribution in [2.24, 2.45) is 0 Å². The van der Waals surface area contributed by atoms with Crippen molar-refractivity contribution in [1.29, 1.82) is 0 Å². The van der Waals surface area contributed by atoms with E-state index >= 15 is 0 Å². The zero-order valence-electron chi connectivity index (χ0n) is 7.13. The summed E-state index contributed by atoms with van der Waals surface area (Å²) in [5.41, 5.74) is 0. The molecular weight excluding hydrogens is 232 g/mol. The van der Waals surface area contributed by atoms with E-state index in [1.807, 2.05) is 0 Å². The van der Waals surface area contributed by atoms with E-state index in [-0.39, 0.29) is 24.4 Å². The van der Waals surface area contributed by atoms with Gasteiger partial charge in [-0.15, -0.1) is 0 Å². The lowest BCUT2D eigenvalue weighted by Crippen LogP contribution is -2.40. The van der Waals surface area contributed by atoms with Gasteiger partial charge in [0, 0.05) is 0 Å². The third-order valence-electron chi connectivity index (χ3n) is 3.05. The van der Waals surface area contributed by atoms with Crippen LogP contribution in [0.15, 0.2) is 0 Å². The Bertz CT molecular complexity index is 355. The molecule has 0 aromatic rings. The van der Waals surface area contributed by atoms with Crippen LogP contribution in [0.1, 0.15) is 6.42 Å². The molecule has 0 saturated carbocycles. The van der Waals surface area contributed by atoms with Gasteiger partial charge in [-0.25, -0.2) is 0 Å². The van der Waals surface area contributed by atoms with Crippen LogP contribution < -0.4 is 0 Å². The van der Waals surface area contributed by atoms with Gasteiger partial charge in [0.15, 0.2) is 0 Å². The Morgan fingerprint density at radius 2 is 2.21 bits per heavy atom. The third-order valence-corrected chi connectivity index (χ3v) is 4.87. The van der Waals surface area contributed by atoms with Crippen molar-refractivity contribution in [1.82, 2.24) is 0 Å². The predicted octanol–water partition coefficient (Wildman–Crippen LogP) is -0.164. The Labute approximate surface area is 86.4 Å². The molecule has 3 rings (SSSR count). The Morgan fingerprint density at radius 1 is 1.43 bits per heavy atom. The highest BCUT2D eigenvalue weighted by molar-refractivity contribution is 7.87. The first kappa shape index (κ1) is 9.35. The van der Waals surface area contributed by atoms with Crippen molar-refractivity contribution < 1.29 is 22.1 Å². The lowest BCUT2D eigenvalue weighted by molar-refractivity contribution is -0.00590.